The van der Waals surface area contributed by atoms with Gasteiger partial charge in [0.15, 0.2) is 0 Å². The summed E-state index contributed by atoms with van der Waals surface area (Å²) in [6, 6.07) is 13.9. The number of carbonyl (C=O) groups is 2. The summed E-state index contributed by atoms with van der Waals surface area (Å²) in [5.41, 5.74) is 0.678. The molecule has 1 fully saturated rings. The molecule has 0 unspecified atom stereocenters. The normalized spacial score (nSPS) is 15.1. The lowest BCUT2D eigenvalue weighted by molar-refractivity contribution is -0.130. The third-order valence-electron chi connectivity index (χ3n) is 3.91. The minimum atomic E-state index is -3.85. The molecule has 1 saturated carbocycles. The van der Waals surface area contributed by atoms with E-state index in [1.54, 1.807) is 30.3 Å². The number of benzene rings is 2. The minimum absolute atomic E-state index is 0.111. The fraction of sp³-hybridized carbons (Fsp3) is 0.222. The summed E-state index contributed by atoms with van der Waals surface area (Å²) >= 11 is 0. The molecule has 1 amide bonds. The summed E-state index contributed by atoms with van der Waals surface area (Å²) in [6.45, 7) is 0. The summed E-state index contributed by atoms with van der Waals surface area (Å²) < 4.78 is 28.0. The summed E-state index contributed by atoms with van der Waals surface area (Å²) in [6.07, 6.45) is 0.745. The molecule has 8 heteroatoms. The van der Waals surface area contributed by atoms with Crippen molar-refractivity contribution in [3.63, 3.8) is 0 Å². The molecule has 0 saturated heterocycles. The first-order valence-corrected chi connectivity index (χ1v) is 9.58. The zero-order valence-electron chi connectivity index (χ0n) is 13.8. The van der Waals surface area contributed by atoms with Gasteiger partial charge in [-0.25, -0.2) is 18.4 Å². The molecule has 26 heavy (non-hydrogen) atoms. The predicted molar refractivity (Wildman–Crippen MR) is 93.6 cm³/mol. The van der Waals surface area contributed by atoms with Gasteiger partial charge in [-0.1, -0.05) is 30.3 Å². The van der Waals surface area contributed by atoms with Crippen LogP contribution in [0.15, 0.2) is 59.5 Å². The number of primary sulfonamides is 1. The van der Waals surface area contributed by atoms with Gasteiger partial charge < -0.3 is 10.1 Å². The summed E-state index contributed by atoms with van der Waals surface area (Å²) in [4.78, 5) is 24.8. The van der Waals surface area contributed by atoms with Gasteiger partial charge in [0.2, 0.25) is 16.1 Å². The van der Waals surface area contributed by atoms with E-state index in [-0.39, 0.29) is 22.4 Å². The highest BCUT2D eigenvalue weighted by Gasteiger charge is 2.31. The number of carbonyl (C=O) groups excluding carboxylic acids is 2. The topological polar surface area (TPSA) is 116 Å². The van der Waals surface area contributed by atoms with Crippen LogP contribution in [0.2, 0.25) is 0 Å². The van der Waals surface area contributed by atoms with Crippen LogP contribution in [0.25, 0.3) is 0 Å². The highest BCUT2D eigenvalue weighted by molar-refractivity contribution is 7.89. The average Bonchev–Trinajstić information content (AvgIpc) is 3.43. The van der Waals surface area contributed by atoms with Crippen molar-refractivity contribution >= 4 is 21.9 Å². The summed E-state index contributed by atoms with van der Waals surface area (Å²) in [5.74, 6) is -1.11. The van der Waals surface area contributed by atoms with Crippen molar-refractivity contribution in [3.05, 3.63) is 65.7 Å². The molecule has 3 rings (SSSR count). The fourth-order valence-corrected chi connectivity index (χ4v) is 2.88. The molecule has 0 radical (unpaired) electrons. The van der Waals surface area contributed by atoms with Crippen molar-refractivity contribution in [3.8, 4) is 0 Å². The van der Waals surface area contributed by atoms with E-state index in [1.165, 1.54) is 24.3 Å². The Hall–Kier alpha value is -2.71. The number of ether oxygens (including phenoxy) is 1. The SMILES string of the molecule is NS(=O)(=O)c1ccc(C(=O)O[C@H](C(=O)NC2CC2)c2ccccc2)cc1. The Labute approximate surface area is 151 Å². The van der Waals surface area contributed by atoms with Gasteiger partial charge in [0.1, 0.15) is 0 Å². The third-order valence-corrected chi connectivity index (χ3v) is 4.84. The molecule has 0 aromatic heterocycles. The molecule has 0 heterocycles. The van der Waals surface area contributed by atoms with Gasteiger partial charge in [-0.2, -0.15) is 0 Å². The molecule has 136 valence electrons. The van der Waals surface area contributed by atoms with Crippen molar-refractivity contribution in [2.75, 3.05) is 0 Å². The number of sulfonamides is 1. The highest BCUT2D eigenvalue weighted by atomic mass is 32.2. The van der Waals surface area contributed by atoms with Crippen molar-refractivity contribution in [1.29, 1.82) is 0 Å². The van der Waals surface area contributed by atoms with E-state index >= 15 is 0 Å². The first-order valence-electron chi connectivity index (χ1n) is 8.04. The molecule has 0 aliphatic heterocycles. The monoisotopic (exact) mass is 374 g/mol. The lowest BCUT2D eigenvalue weighted by Gasteiger charge is -2.18. The molecule has 1 atom stereocenters. The smallest absolute Gasteiger partial charge is 0.339 e. The van der Waals surface area contributed by atoms with Crippen LogP contribution < -0.4 is 10.5 Å². The van der Waals surface area contributed by atoms with Crippen LogP contribution in [0.5, 0.6) is 0 Å². The largest absolute Gasteiger partial charge is 0.444 e. The van der Waals surface area contributed by atoms with Gasteiger partial charge in [0, 0.05) is 11.6 Å². The minimum Gasteiger partial charge on any atom is -0.444 e. The van der Waals surface area contributed by atoms with Crippen LogP contribution in [0, 0.1) is 0 Å². The number of amides is 1. The van der Waals surface area contributed by atoms with Crippen LogP contribution in [-0.4, -0.2) is 26.3 Å². The second-order valence-electron chi connectivity index (χ2n) is 6.05. The molecule has 3 N–H and O–H groups in total. The molecule has 1 aliphatic carbocycles. The van der Waals surface area contributed by atoms with E-state index in [4.69, 9.17) is 9.88 Å². The van der Waals surface area contributed by atoms with Crippen LogP contribution in [0.1, 0.15) is 34.9 Å². The Balaban J connectivity index is 1.79. The summed E-state index contributed by atoms with van der Waals surface area (Å²) in [7, 11) is -3.85. The molecule has 2 aromatic rings. The van der Waals surface area contributed by atoms with Crippen molar-refractivity contribution < 1.29 is 22.7 Å². The molecular weight excluding hydrogens is 356 g/mol. The molecule has 0 spiro atoms. The number of esters is 1. The average molecular weight is 374 g/mol. The number of hydrogen-bond acceptors (Lipinski definition) is 5. The molecule has 7 nitrogen and oxygen atoms in total. The van der Waals surface area contributed by atoms with Gasteiger partial charge in [-0.15, -0.1) is 0 Å². The molecule has 0 bridgehead atoms. The Morgan fingerprint density at radius 3 is 2.19 bits per heavy atom. The van der Waals surface area contributed by atoms with E-state index < -0.39 is 22.1 Å². The lowest BCUT2D eigenvalue weighted by Crippen LogP contribution is -2.33. The zero-order chi connectivity index (χ0) is 18.7. The zero-order valence-corrected chi connectivity index (χ0v) is 14.6. The molecule has 2 aromatic carbocycles. The number of nitrogens with one attached hydrogen (secondary N) is 1. The lowest BCUT2D eigenvalue weighted by atomic mass is 10.1. The van der Waals surface area contributed by atoms with Crippen molar-refractivity contribution in [2.24, 2.45) is 5.14 Å². The Bertz CT molecular complexity index is 906. The van der Waals surface area contributed by atoms with Crippen LogP contribution >= 0.6 is 0 Å². The first-order chi connectivity index (χ1) is 12.3. The van der Waals surface area contributed by atoms with Gasteiger partial charge >= 0.3 is 5.97 Å². The van der Waals surface area contributed by atoms with Crippen molar-refractivity contribution in [1.82, 2.24) is 5.32 Å². The Morgan fingerprint density at radius 1 is 1.04 bits per heavy atom. The number of nitrogens with two attached hydrogens (primary N) is 1. The second kappa shape index (κ2) is 7.27. The Morgan fingerprint density at radius 2 is 1.65 bits per heavy atom. The molecule has 1 aliphatic rings. The Kier molecular flexibility index (Phi) is 5.06. The van der Waals surface area contributed by atoms with E-state index in [1.807, 2.05) is 0 Å². The van der Waals surface area contributed by atoms with Gasteiger partial charge in [-0.05, 0) is 37.1 Å². The van der Waals surface area contributed by atoms with E-state index in [9.17, 15) is 18.0 Å². The first kappa shape index (κ1) is 18.1. The van der Waals surface area contributed by atoms with Crippen LogP contribution in [0.3, 0.4) is 0 Å². The number of rotatable bonds is 6. The van der Waals surface area contributed by atoms with E-state index in [0.717, 1.165) is 12.8 Å². The summed E-state index contributed by atoms with van der Waals surface area (Å²) in [5, 5.41) is 7.86. The standard InChI is InChI=1S/C18H18N2O5S/c19-26(23,24)15-10-6-13(7-11-15)18(22)25-16(12-4-2-1-3-5-12)17(21)20-14-8-9-14/h1-7,10-11,14,16H,8-9H2,(H,20,21)(H2,19,23,24)/t16-/m0/s1. The van der Waals surface area contributed by atoms with E-state index in [0.29, 0.717) is 5.56 Å². The van der Waals surface area contributed by atoms with Gasteiger partial charge in [0.25, 0.3) is 5.91 Å². The third kappa shape index (κ3) is 4.47. The predicted octanol–water partition coefficient (Wildman–Crippen LogP) is 1.51. The van der Waals surface area contributed by atoms with Gasteiger partial charge in [0.05, 0.1) is 10.5 Å². The number of hydrogen-bond donors (Lipinski definition) is 2. The van der Waals surface area contributed by atoms with Gasteiger partial charge in [-0.3, -0.25) is 4.79 Å². The fourth-order valence-electron chi connectivity index (χ4n) is 2.36. The van der Waals surface area contributed by atoms with Crippen molar-refractivity contribution in [2.45, 2.75) is 29.9 Å². The molecular formula is C18H18N2O5S. The highest BCUT2D eigenvalue weighted by Crippen LogP contribution is 2.24. The van der Waals surface area contributed by atoms with Crippen LogP contribution in [-0.2, 0) is 19.6 Å². The van der Waals surface area contributed by atoms with E-state index in [2.05, 4.69) is 5.32 Å². The maximum absolute atomic E-state index is 12.5. The maximum Gasteiger partial charge on any atom is 0.339 e. The second-order valence-corrected chi connectivity index (χ2v) is 7.61. The maximum atomic E-state index is 12.5. The van der Waals surface area contributed by atoms with Crippen LogP contribution in [0.4, 0.5) is 0 Å². The quantitative estimate of drug-likeness (QED) is 0.744.